The number of likely N-dealkylation sites (tertiary alicyclic amines) is 1. The van der Waals surface area contributed by atoms with Gasteiger partial charge in [-0.15, -0.1) is 0 Å². The van der Waals surface area contributed by atoms with E-state index in [0.29, 0.717) is 18.5 Å². The molecule has 1 aliphatic rings. The van der Waals surface area contributed by atoms with Crippen LogP contribution in [0.5, 0.6) is 0 Å². The van der Waals surface area contributed by atoms with Gasteiger partial charge in [0.25, 0.3) is 0 Å². The average molecular weight is 280 g/mol. The summed E-state index contributed by atoms with van der Waals surface area (Å²) in [5, 5.41) is 2.91. The number of urea groups is 1. The number of piperidine rings is 1. The van der Waals surface area contributed by atoms with Crippen molar-refractivity contribution < 1.29 is 9.21 Å². The van der Waals surface area contributed by atoms with Gasteiger partial charge in [-0.1, -0.05) is 6.92 Å². The molecule has 112 valence electrons. The lowest BCUT2D eigenvalue weighted by Crippen LogP contribution is -2.52. The fourth-order valence-electron chi connectivity index (χ4n) is 2.85. The molecule has 2 atom stereocenters. The summed E-state index contributed by atoms with van der Waals surface area (Å²) in [5.41, 5.74) is 0.781. The highest BCUT2D eigenvalue weighted by molar-refractivity contribution is 5.74. The molecule has 6 nitrogen and oxygen atoms in total. The van der Waals surface area contributed by atoms with Crippen molar-refractivity contribution in [3.8, 4) is 0 Å². The van der Waals surface area contributed by atoms with Crippen molar-refractivity contribution in [1.29, 1.82) is 0 Å². The second-order valence-electron chi connectivity index (χ2n) is 5.72. The van der Waals surface area contributed by atoms with E-state index >= 15 is 0 Å². The van der Waals surface area contributed by atoms with Crippen LogP contribution >= 0.6 is 0 Å². The Kier molecular flexibility index (Phi) is 4.65. The molecular weight excluding hydrogens is 256 g/mol. The van der Waals surface area contributed by atoms with Gasteiger partial charge in [0, 0.05) is 19.6 Å². The fraction of sp³-hybridized carbons (Fsp3) is 0.714. The Bertz CT molecular complexity index is 460. The maximum atomic E-state index is 12.2. The predicted molar refractivity (Wildman–Crippen MR) is 76.3 cm³/mol. The Balaban J connectivity index is 1.87. The first kappa shape index (κ1) is 14.8. The van der Waals surface area contributed by atoms with Crippen LogP contribution in [0.15, 0.2) is 10.8 Å². The molecule has 1 N–H and O–H groups in total. The van der Waals surface area contributed by atoms with Gasteiger partial charge in [-0.2, -0.15) is 0 Å². The largest absolute Gasteiger partial charge is 0.448 e. The van der Waals surface area contributed by atoms with E-state index in [1.54, 1.807) is 0 Å². The molecule has 1 fully saturated rings. The number of oxazole rings is 1. The summed E-state index contributed by atoms with van der Waals surface area (Å²) in [7, 11) is 4.00. The predicted octanol–water partition coefficient (Wildman–Crippen LogP) is 1.46. The first-order chi connectivity index (χ1) is 9.49. The van der Waals surface area contributed by atoms with E-state index in [0.717, 1.165) is 31.0 Å². The lowest BCUT2D eigenvalue weighted by atomic mass is 9.93. The van der Waals surface area contributed by atoms with E-state index in [2.05, 4.69) is 29.2 Å². The second kappa shape index (κ2) is 6.26. The van der Waals surface area contributed by atoms with Gasteiger partial charge in [0.05, 0.1) is 6.54 Å². The normalized spacial score (nSPS) is 23.6. The van der Waals surface area contributed by atoms with Gasteiger partial charge in [-0.05, 0) is 32.9 Å². The van der Waals surface area contributed by atoms with E-state index in [1.807, 2.05) is 18.9 Å². The zero-order valence-electron chi connectivity index (χ0n) is 12.7. The maximum absolute atomic E-state index is 12.2. The molecule has 1 aliphatic heterocycles. The first-order valence-corrected chi connectivity index (χ1v) is 7.07. The van der Waals surface area contributed by atoms with E-state index < -0.39 is 0 Å². The molecule has 6 heteroatoms. The summed E-state index contributed by atoms with van der Waals surface area (Å²) in [6.07, 6.45) is 2.42. The minimum absolute atomic E-state index is 0.0474. The summed E-state index contributed by atoms with van der Waals surface area (Å²) in [6, 6.07) is 0.249. The van der Waals surface area contributed by atoms with Crippen LogP contribution in [0.2, 0.25) is 0 Å². The molecule has 0 aliphatic carbocycles. The molecule has 1 saturated heterocycles. The van der Waals surface area contributed by atoms with Gasteiger partial charge in [-0.3, -0.25) is 0 Å². The van der Waals surface area contributed by atoms with Crippen molar-refractivity contribution in [2.75, 3.05) is 27.2 Å². The van der Waals surface area contributed by atoms with Crippen LogP contribution in [0.25, 0.3) is 0 Å². The maximum Gasteiger partial charge on any atom is 0.317 e. The van der Waals surface area contributed by atoms with Crippen molar-refractivity contribution >= 4 is 6.03 Å². The summed E-state index contributed by atoms with van der Waals surface area (Å²) in [5.74, 6) is 1.24. The third-order valence-electron chi connectivity index (χ3n) is 4.13. The van der Waals surface area contributed by atoms with Gasteiger partial charge in [0.1, 0.15) is 11.5 Å². The SMILES string of the molecule is Cc1ocnc1CNC(=O)N(C)C1CCN(C)CC1C. The fourth-order valence-corrected chi connectivity index (χ4v) is 2.85. The van der Waals surface area contributed by atoms with Crippen LogP contribution in [-0.4, -0.2) is 54.0 Å². The Morgan fingerprint density at radius 1 is 1.65 bits per heavy atom. The van der Waals surface area contributed by atoms with Crippen LogP contribution < -0.4 is 5.32 Å². The monoisotopic (exact) mass is 280 g/mol. The first-order valence-electron chi connectivity index (χ1n) is 7.07. The van der Waals surface area contributed by atoms with Crippen LogP contribution in [0, 0.1) is 12.8 Å². The molecule has 0 radical (unpaired) electrons. The minimum atomic E-state index is -0.0474. The average Bonchev–Trinajstić information content (AvgIpc) is 2.81. The summed E-state index contributed by atoms with van der Waals surface area (Å²) in [4.78, 5) is 20.4. The number of carbonyl (C=O) groups excluding carboxylic acids is 1. The number of hydrogen-bond donors (Lipinski definition) is 1. The summed E-state index contributed by atoms with van der Waals surface area (Å²) >= 11 is 0. The van der Waals surface area contributed by atoms with Crippen molar-refractivity contribution in [3.63, 3.8) is 0 Å². The Morgan fingerprint density at radius 3 is 3.00 bits per heavy atom. The van der Waals surface area contributed by atoms with E-state index in [9.17, 15) is 4.79 Å². The highest BCUT2D eigenvalue weighted by Gasteiger charge is 2.29. The van der Waals surface area contributed by atoms with E-state index in [1.165, 1.54) is 6.39 Å². The molecule has 2 unspecified atom stereocenters. The van der Waals surface area contributed by atoms with Crippen molar-refractivity contribution in [3.05, 3.63) is 17.8 Å². The van der Waals surface area contributed by atoms with E-state index in [-0.39, 0.29) is 6.03 Å². The van der Waals surface area contributed by atoms with Crippen LogP contribution in [-0.2, 0) is 6.54 Å². The molecule has 2 rings (SSSR count). The highest BCUT2D eigenvalue weighted by Crippen LogP contribution is 2.20. The highest BCUT2D eigenvalue weighted by atomic mass is 16.3. The van der Waals surface area contributed by atoms with Crippen molar-refractivity contribution in [2.45, 2.75) is 32.9 Å². The second-order valence-corrected chi connectivity index (χ2v) is 5.72. The Morgan fingerprint density at radius 2 is 2.40 bits per heavy atom. The van der Waals surface area contributed by atoms with Crippen LogP contribution in [0.4, 0.5) is 4.79 Å². The molecule has 2 amide bonds. The number of carbonyl (C=O) groups is 1. The van der Waals surface area contributed by atoms with Gasteiger partial charge < -0.3 is 19.5 Å². The number of amides is 2. The minimum Gasteiger partial charge on any atom is -0.448 e. The molecule has 0 spiro atoms. The number of nitrogens with zero attached hydrogens (tertiary/aromatic N) is 3. The smallest absolute Gasteiger partial charge is 0.317 e. The summed E-state index contributed by atoms with van der Waals surface area (Å²) < 4.78 is 5.12. The van der Waals surface area contributed by atoms with Gasteiger partial charge in [0.2, 0.25) is 0 Å². The number of rotatable bonds is 3. The zero-order valence-corrected chi connectivity index (χ0v) is 12.7. The lowest BCUT2D eigenvalue weighted by Gasteiger charge is -2.39. The number of nitrogens with one attached hydrogen (secondary N) is 1. The molecule has 2 heterocycles. The zero-order chi connectivity index (χ0) is 14.7. The quantitative estimate of drug-likeness (QED) is 0.910. The van der Waals surface area contributed by atoms with Crippen LogP contribution in [0.1, 0.15) is 24.8 Å². The molecule has 20 heavy (non-hydrogen) atoms. The molecule has 0 bridgehead atoms. The van der Waals surface area contributed by atoms with Crippen LogP contribution in [0.3, 0.4) is 0 Å². The van der Waals surface area contributed by atoms with Gasteiger partial charge in [0.15, 0.2) is 6.39 Å². The van der Waals surface area contributed by atoms with Gasteiger partial charge in [-0.25, -0.2) is 9.78 Å². The standard InChI is InChI=1S/C14H24N4O2/c1-10-8-17(3)6-5-13(10)18(4)14(19)15-7-12-11(2)20-9-16-12/h9-10,13H,5-8H2,1-4H3,(H,15,19). The molecule has 1 aromatic heterocycles. The van der Waals surface area contributed by atoms with Crippen molar-refractivity contribution in [1.82, 2.24) is 20.1 Å². The summed E-state index contributed by atoms with van der Waals surface area (Å²) in [6.45, 7) is 6.52. The number of aromatic nitrogens is 1. The molecular formula is C14H24N4O2. The third-order valence-corrected chi connectivity index (χ3v) is 4.13. The van der Waals surface area contributed by atoms with Gasteiger partial charge >= 0.3 is 6.03 Å². The molecule has 0 saturated carbocycles. The topological polar surface area (TPSA) is 61.6 Å². The number of aryl methyl sites for hydroxylation is 1. The Labute approximate surface area is 120 Å². The lowest BCUT2D eigenvalue weighted by molar-refractivity contribution is 0.107. The number of hydrogen-bond acceptors (Lipinski definition) is 4. The third kappa shape index (κ3) is 3.30. The Hall–Kier alpha value is -1.56. The molecule has 0 aromatic carbocycles. The van der Waals surface area contributed by atoms with E-state index in [4.69, 9.17) is 4.42 Å². The van der Waals surface area contributed by atoms with Crippen molar-refractivity contribution in [2.24, 2.45) is 5.92 Å². The molecule has 1 aromatic rings.